The summed E-state index contributed by atoms with van der Waals surface area (Å²) < 4.78 is 22.6. The van der Waals surface area contributed by atoms with Crippen LogP contribution in [-0.2, 0) is 30.3 Å². The second kappa shape index (κ2) is 9.10. The van der Waals surface area contributed by atoms with Crippen LogP contribution in [0, 0.1) is 0 Å². The molecule has 1 saturated heterocycles. The second-order valence-corrected chi connectivity index (χ2v) is 5.65. The summed E-state index contributed by atoms with van der Waals surface area (Å²) in [5.41, 5.74) is 0.994. The van der Waals surface area contributed by atoms with Crippen molar-refractivity contribution >= 4 is 5.91 Å². The highest BCUT2D eigenvalue weighted by Crippen LogP contribution is 2.27. The second-order valence-electron chi connectivity index (χ2n) is 5.65. The van der Waals surface area contributed by atoms with Crippen LogP contribution in [0.15, 0.2) is 30.3 Å². The quantitative estimate of drug-likeness (QED) is 0.750. The largest absolute Gasteiger partial charge is 0.394 e. The third-order valence-electron chi connectivity index (χ3n) is 3.99. The van der Waals surface area contributed by atoms with Crippen molar-refractivity contribution in [1.82, 2.24) is 5.32 Å². The molecule has 1 amide bonds. The normalized spacial score (nSPS) is 30.1. The number of aliphatic hydroxyl groups is 1. The summed E-state index contributed by atoms with van der Waals surface area (Å²) in [6.45, 7) is 1.51. The molecule has 134 valence electrons. The van der Waals surface area contributed by atoms with Crippen LogP contribution in [0.1, 0.15) is 12.5 Å². The molecule has 1 heterocycles. The summed E-state index contributed by atoms with van der Waals surface area (Å²) in [6, 6.07) is 9.13. The summed E-state index contributed by atoms with van der Waals surface area (Å²) in [4.78, 5) is 11.5. The summed E-state index contributed by atoms with van der Waals surface area (Å²) in [7, 11) is 3.01. The molecule has 7 nitrogen and oxygen atoms in total. The van der Waals surface area contributed by atoms with E-state index < -0.39 is 30.6 Å². The van der Waals surface area contributed by atoms with Crippen molar-refractivity contribution in [2.45, 2.75) is 44.2 Å². The van der Waals surface area contributed by atoms with Gasteiger partial charge >= 0.3 is 0 Å². The molecule has 5 atom stereocenters. The molecule has 1 aromatic carbocycles. The summed E-state index contributed by atoms with van der Waals surface area (Å²) in [5, 5.41) is 12.4. The van der Waals surface area contributed by atoms with E-state index >= 15 is 0 Å². The van der Waals surface area contributed by atoms with Gasteiger partial charge in [0.05, 0.1) is 13.2 Å². The number of ether oxygens (including phenoxy) is 4. The predicted octanol–water partition coefficient (Wildman–Crippen LogP) is 0.455. The molecule has 0 spiro atoms. The average molecular weight is 339 g/mol. The van der Waals surface area contributed by atoms with Gasteiger partial charge in [-0.2, -0.15) is 0 Å². The Hall–Kier alpha value is -1.51. The van der Waals surface area contributed by atoms with E-state index in [4.69, 9.17) is 18.9 Å². The minimum atomic E-state index is -0.729. The van der Waals surface area contributed by atoms with Crippen LogP contribution < -0.4 is 5.32 Å². The zero-order valence-electron chi connectivity index (χ0n) is 14.2. The SMILES string of the molecule is CO[C@H]1O[C@@H](CO)[C@@H](OCc2ccccc2)[C@H](OC)[C@H]1NC(C)=O. The maximum absolute atomic E-state index is 11.5. The highest BCUT2D eigenvalue weighted by Gasteiger charge is 2.47. The molecule has 0 unspecified atom stereocenters. The van der Waals surface area contributed by atoms with Crippen molar-refractivity contribution in [1.29, 1.82) is 0 Å². The van der Waals surface area contributed by atoms with Gasteiger partial charge in [0.1, 0.15) is 24.4 Å². The van der Waals surface area contributed by atoms with Gasteiger partial charge in [-0.1, -0.05) is 30.3 Å². The van der Waals surface area contributed by atoms with Gasteiger partial charge in [0.25, 0.3) is 0 Å². The number of aliphatic hydroxyl groups excluding tert-OH is 1. The first-order valence-electron chi connectivity index (χ1n) is 7.85. The molecule has 2 N–H and O–H groups in total. The van der Waals surface area contributed by atoms with Crippen LogP contribution in [0.3, 0.4) is 0 Å². The first kappa shape index (κ1) is 18.8. The van der Waals surface area contributed by atoms with E-state index in [9.17, 15) is 9.90 Å². The van der Waals surface area contributed by atoms with Crippen molar-refractivity contribution in [3.8, 4) is 0 Å². The summed E-state index contributed by atoms with van der Waals surface area (Å²) in [5.74, 6) is -0.225. The predicted molar refractivity (Wildman–Crippen MR) is 86.2 cm³/mol. The number of hydrogen-bond acceptors (Lipinski definition) is 6. The Kier molecular flexibility index (Phi) is 7.14. The zero-order chi connectivity index (χ0) is 17.5. The van der Waals surface area contributed by atoms with E-state index in [1.807, 2.05) is 30.3 Å². The molecule has 0 aromatic heterocycles. The van der Waals surface area contributed by atoms with Crippen molar-refractivity contribution in [2.24, 2.45) is 0 Å². The fourth-order valence-electron chi connectivity index (χ4n) is 2.89. The molecule has 0 radical (unpaired) electrons. The molecule has 24 heavy (non-hydrogen) atoms. The lowest BCUT2D eigenvalue weighted by Crippen LogP contribution is -2.65. The Morgan fingerprint density at radius 1 is 1.21 bits per heavy atom. The van der Waals surface area contributed by atoms with Crippen LogP contribution in [-0.4, -0.2) is 62.5 Å². The molecule has 7 heteroatoms. The Labute approximate surface area is 141 Å². The van der Waals surface area contributed by atoms with E-state index in [1.165, 1.54) is 21.1 Å². The number of hydrogen-bond donors (Lipinski definition) is 2. The monoisotopic (exact) mass is 339 g/mol. The minimum absolute atomic E-state index is 0.225. The number of rotatable bonds is 7. The molecule has 1 aromatic rings. The molecule has 0 saturated carbocycles. The van der Waals surface area contributed by atoms with Gasteiger partial charge in [-0.05, 0) is 5.56 Å². The van der Waals surface area contributed by atoms with E-state index in [0.717, 1.165) is 5.56 Å². The number of carbonyl (C=O) groups excluding carboxylic acids is 1. The Morgan fingerprint density at radius 2 is 1.92 bits per heavy atom. The van der Waals surface area contributed by atoms with Gasteiger partial charge in [-0.25, -0.2) is 0 Å². The summed E-state index contributed by atoms with van der Waals surface area (Å²) >= 11 is 0. The van der Waals surface area contributed by atoms with E-state index in [0.29, 0.717) is 6.61 Å². The first-order valence-corrected chi connectivity index (χ1v) is 7.85. The van der Waals surface area contributed by atoms with E-state index in [2.05, 4.69) is 5.32 Å². The Bertz CT molecular complexity index is 511. The zero-order valence-corrected chi connectivity index (χ0v) is 14.2. The van der Waals surface area contributed by atoms with Crippen LogP contribution in [0.25, 0.3) is 0 Å². The number of amides is 1. The van der Waals surface area contributed by atoms with E-state index in [1.54, 1.807) is 0 Å². The topological polar surface area (TPSA) is 86.2 Å². The number of methoxy groups -OCH3 is 2. The third-order valence-corrected chi connectivity index (χ3v) is 3.99. The lowest BCUT2D eigenvalue weighted by molar-refractivity contribution is -0.276. The van der Waals surface area contributed by atoms with Crippen molar-refractivity contribution in [2.75, 3.05) is 20.8 Å². The van der Waals surface area contributed by atoms with Crippen molar-refractivity contribution < 1.29 is 28.8 Å². The molecular formula is C17H25NO6. The van der Waals surface area contributed by atoms with Gasteiger partial charge in [0.2, 0.25) is 5.91 Å². The van der Waals surface area contributed by atoms with Crippen molar-refractivity contribution in [3.63, 3.8) is 0 Å². The minimum Gasteiger partial charge on any atom is -0.394 e. The Morgan fingerprint density at radius 3 is 2.46 bits per heavy atom. The lowest BCUT2D eigenvalue weighted by Gasteiger charge is -2.45. The fourth-order valence-corrected chi connectivity index (χ4v) is 2.89. The van der Waals surface area contributed by atoms with E-state index in [-0.39, 0.29) is 12.5 Å². The molecular weight excluding hydrogens is 314 g/mol. The highest BCUT2D eigenvalue weighted by atomic mass is 16.7. The standard InChI is InChI=1S/C17H25NO6/c1-11(20)18-14-16(21-2)15(13(9-19)24-17(14)22-3)23-10-12-7-5-4-6-8-12/h4-8,13-17,19H,9-10H2,1-3H3,(H,18,20)/t13-,14+,15+,16+,17-/m0/s1. The van der Waals surface area contributed by atoms with Gasteiger partial charge in [0.15, 0.2) is 6.29 Å². The highest BCUT2D eigenvalue weighted by molar-refractivity contribution is 5.73. The molecule has 0 bridgehead atoms. The maximum atomic E-state index is 11.5. The van der Waals surface area contributed by atoms with Gasteiger partial charge < -0.3 is 29.4 Å². The smallest absolute Gasteiger partial charge is 0.217 e. The van der Waals surface area contributed by atoms with Crippen LogP contribution in [0.4, 0.5) is 0 Å². The van der Waals surface area contributed by atoms with Gasteiger partial charge in [-0.3, -0.25) is 4.79 Å². The fraction of sp³-hybridized carbons (Fsp3) is 0.588. The van der Waals surface area contributed by atoms with Gasteiger partial charge in [0, 0.05) is 21.1 Å². The molecule has 2 rings (SSSR count). The Balaban J connectivity index is 2.16. The van der Waals surface area contributed by atoms with Crippen LogP contribution in [0.5, 0.6) is 0 Å². The van der Waals surface area contributed by atoms with Crippen LogP contribution in [0.2, 0.25) is 0 Å². The number of nitrogens with one attached hydrogen (secondary N) is 1. The van der Waals surface area contributed by atoms with Crippen molar-refractivity contribution in [3.05, 3.63) is 35.9 Å². The molecule has 1 aliphatic heterocycles. The molecule has 0 aliphatic carbocycles. The lowest BCUT2D eigenvalue weighted by atomic mass is 9.96. The summed E-state index contributed by atoms with van der Waals surface area (Å²) in [6.07, 6.45) is -2.42. The molecule has 1 fully saturated rings. The average Bonchev–Trinajstić information content (AvgIpc) is 2.60. The number of benzene rings is 1. The maximum Gasteiger partial charge on any atom is 0.217 e. The third kappa shape index (κ3) is 4.52. The molecule has 1 aliphatic rings. The number of carbonyl (C=O) groups is 1. The van der Waals surface area contributed by atoms with Gasteiger partial charge in [-0.15, -0.1) is 0 Å². The first-order chi connectivity index (χ1) is 11.6. The van der Waals surface area contributed by atoms with Crippen LogP contribution >= 0.6 is 0 Å².